The molecule has 0 aliphatic carbocycles. The summed E-state index contributed by atoms with van der Waals surface area (Å²) in [4.78, 5) is 14.4. The lowest BCUT2D eigenvalue weighted by Gasteiger charge is -2.29. The van der Waals surface area contributed by atoms with Crippen molar-refractivity contribution >= 4 is 5.91 Å². The molecule has 3 rings (SSSR count). The van der Waals surface area contributed by atoms with Crippen molar-refractivity contribution < 1.29 is 4.79 Å². The summed E-state index contributed by atoms with van der Waals surface area (Å²) in [7, 11) is 1.83. The number of carbonyl (C=O) groups excluding carboxylic acids is 1. The highest BCUT2D eigenvalue weighted by Gasteiger charge is 2.28. The molecule has 1 aromatic carbocycles. The number of H-pyrrole nitrogens is 1. The van der Waals surface area contributed by atoms with E-state index in [1.165, 1.54) is 5.56 Å². The van der Waals surface area contributed by atoms with Gasteiger partial charge in [0, 0.05) is 31.9 Å². The number of nitrogens with one attached hydrogen (secondary N) is 2. The third-order valence-electron chi connectivity index (χ3n) is 3.71. The Labute approximate surface area is 118 Å². The summed E-state index contributed by atoms with van der Waals surface area (Å²) in [5.41, 5.74) is 3.37. The van der Waals surface area contributed by atoms with E-state index in [-0.39, 0.29) is 11.9 Å². The van der Waals surface area contributed by atoms with E-state index in [9.17, 15) is 4.79 Å². The number of benzene rings is 1. The Morgan fingerprint density at radius 1 is 1.45 bits per heavy atom. The van der Waals surface area contributed by atoms with Gasteiger partial charge in [-0.25, -0.2) is 0 Å². The summed E-state index contributed by atoms with van der Waals surface area (Å²) in [6.45, 7) is 1.41. The fourth-order valence-electron chi connectivity index (χ4n) is 2.66. The minimum absolute atomic E-state index is 0.0957. The van der Waals surface area contributed by atoms with E-state index in [1.807, 2.05) is 31.4 Å². The van der Waals surface area contributed by atoms with E-state index in [0.717, 1.165) is 24.1 Å². The molecule has 1 atom stereocenters. The maximum absolute atomic E-state index is 12.6. The second kappa shape index (κ2) is 5.46. The lowest BCUT2D eigenvalue weighted by atomic mass is 9.93. The van der Waals surface area contributed by atoms with Gasteiger partial charge in [-0.15, -0.1) is 0 Å². The molecule has 0 spiro atoms. The van der Waals surface area contributed by atoms with Gasteiger partial charge < -0.3 is 10.2 Å². The van der Waals surface area contributed by atoms with Gasteiger partial charge in [0.2, 0.25) is 5.91 Å². The van der Waals surface area contributed by atoms with Crippen LogP contribution in [0.25, 0.3) is 0 Å². The molecule has 104 valence electrons. The van der Waals surface area contributed by atoms with Gasteiger partial charge in [0.1, 0.15) is 6.04 Å². The number of amides is 1. The Kier molecular flexibility index (Phi) is 3.52. The molecule has 5 heteroatoms. The predicted molar refractivity (Wildman–Crippen MR) is 76.0 cm³/mol. The normalized spacial score (nSPS) is 17.6. The van der Waals surface area contributed by atoms with Crippen molar-refractivity contribution in [2.45, 2.75) is 19.0 Å². The average molecular weight is 270 g/mol. The highest BCUT2D eigenvalue weighted by atomic mass is 16.2. The molecule has 5 nitrogen and oxygen atoms in total. The van der Waals surface area contributed by atoms with Gasteiger partial charge in [-0.1, -0.05) is 24.3 Å². The average Bonchev–Trinajstić information content (AvgIpc) is 2.99. The number of fused-ring (bicyclic) bond motifs is 1. The van der Waals surface area contributed by atoms with Gasteiger partial charge in [0.15, 0.2) is 0 Å². The Balaban J connectivity index is 1.77. The molecule has 1 aliphatic rings. The van der Waals surface area contributed by atoms with Crippen molar-refractivity contribution in [3.8, 4) is 0 Å². The van der Waals surface area contributed by atoms with E-state index in [1.54, 1.807) is 11.1 Å². The first kappa shape index (κ1) is 12.9. The van der Waals surface area contributed by atoms with E-state index in [2.05, 4.69) is 21.6 Å². The van der Waals surface area contributed by atoms with Gasteiger partial charge in [0.25, 0.3) is 0 Å². The van der Waals surface area contributed by atoms with Crippen LogP contribution in [0, 0.1) is 0 Å². The highest BCUT2D eigenvalue weighted by molar-refractivity contribution is 5.83. The molecule has 1 aromatic heterocycles. The van der Waals surface area contributed by atoms with Crippen LogP contribution in [0.5, 0.6) is 0 Å². The minimum Gasteiger partial charge on any atom is -0.340 e. The standard InChI is InChI=1S/C15H18N4O/c1-19(10-11-8-17-18-9-11)15(20)14-13-5-3-2-4-12(13)6-7-16-14/h2-5,8-9,14,16H,6-7,10H2,1H3,(H,17,18). The number of aromatic amines is 1. The van der Waals surface area contributed by atoms with Crippen LogP contribution >= 0.6 is 0 Å². The molecule has 20 heavy (non-hydrogen) atoms. The molecule has 0 bridgehead atoms. The van der Waals surface area contributed by atoms with Gasteiger partial charge in [-0.2, -0.15) is 5.10 Å². The zero-order valence-corrected chi connectivity index (χ0v) is 11.5. The summed E-state index contributed by atoms with van der Waals surface area (Å²) in [6.07, 6.45) is 4.53. The second-order valence-corrected chi connectivity index (χ2v) is 5.14. The molecular formula is C15H18N4O. The SMILES string of the molecule is CN(Cc1cn[nH]c1)C(=O)C1NCCc2ccccc21. The lowest BCUT2D eigenvalue weighted by Crippen LogP contribution is -2.41. The molecule has 2 aromatic rings. The topological polar surface area (TPSA) is 61.0 Å². The second-order valence-electron chi connectivity index (χ2n) is 5.14. The van der Waals surface area contributed by atoms with E-state index < -0.39 is 0 Å². The van der Waals surface area contributed by atoms with Crippen molar-refractivity contribution in [2.24, 2.45) is 0 Å². The first-order valence-electron chi connectivity index (χ1n) is 6.79. The lowest BCUT2D eigenvalue weighted by molar-refractivity contribution is -0.133. The van der Waals surface area contributed by atoms with E-state index in [0.29, 0.717) is 6.54 Å². The molecule has 1 aliphatic heterocycles. The third kappa shape index (κ3) is 2.44. The van der Waals surface area contributed by atoms with Gasteiger partial charge in [0.05, 0.1) is 6.20 Å². The maximum atomic E-state index is 12.6. The van der Waals surface area contributed by atoms with Crippen LogP contribution in [0.4, 0.5) is 0 Å². The third-order valence-corrected chi connectivity index (χ3v) is 3.71. The van der Waals surface area contributed by atoms with Crippen LogP contribution in [0.2, 0.25) is 0 Å². The molecule has 0 saturated heterocycles. The smallest absolute Gasteiger partial charge is 0.244 e. The number of aromatic nitrogens is 2. The van der Waals surface area contributed by atoms with Crippen molar-refractivity contribution in [3.05, 3.63) is 53.3 Å². The fraction of sp³-hybridized carbons (Fsp3) is 0.333. The predicted octanol–water partition coefficient (Wildman–Crippen LogP) is 1.26. The van der Waals surface area contributed by atoms with Crippen LogP contribution in [-0.4, -0.2) is 34.6 Å². The van der Waals surface area contributed by atoms with Gasteiger partial charge in [-0.05, 0) is 17.5 Å². The number of nitrogens with zero attached hydrogens (tertiary/aromatic N) is 2. The molecule has 2 N–H and O–H groups in total. The van der Waals surface area contributed by atoms with Crippen LogP contribution in [-0.2, 0) is 17.8 Å². The van der Waals surface area contributed by atoms with Crippen molar-refractivity contribution in [2.75, 3.05) is 13.6 Å². The van der Waals surface area contributed by atoms with E-state index in [4.69, 9.17) is 0 Å². The van der Waals surface area contributed by atoms with Crippen LogP contribution in [0.1, 0.15) is 22.7 Å². The van der Waals surface area contributed by atoms with Gasteiger partial charge >= 0.3 is 0 Å². The summed E-state index contributed by atoms with van der Waals surface area (Å²) in [6, 6.07) is 7.92. The number of likely N-dealkylation sites (N-methyl/N-ethyl adjacent to an activating group) is 1. The van der Waals surface area contributed by atoms with Crippen LogP contribution in [0.15, 0.2) is 36.7 Å². The fourth-order valence-corrected chi connectivity index (χ4v) is 2.66. The van der Waals surface area contributed by atoms with Crippen LogP contribution < -0.4 is 5.32 Å². The number of carbonyl (C=O) groups is 1. The Morgan fingerprint density at radius 2 is 2.30 bits per heavy atom. The number of hydrogen-bond donors (Lipinski definition) is 2. The first-order chi connectivity index (χ1) is 9.75. The molecule has 0 radical (unpaired) electrons. The molecule has 0 fully saturated rings. The molecule has 2 heterocycles. The minimum atomic E-state index is -0.239. The molecule has 1 unspecified atom stereocenters. The van der Waals surface area contributed by atoms with Crippen molar-refractivity contribution in [1.82, 2.24) is 20.4 Å². The number of hydrogen-bond acceptors (Lipinski definition) is 3. The maximum Gasteiger partial charge on any atom is 0.244 e. The zero-order chi connectivity index (χ0) is 13.9. The molecular weight excluding hydrogens is 252 g/mol. The van der Waals surface area contributed by atoms with Gasteiger partial charge in [-0.3, -0.25) is 9.89 Å². The summed E-state index contributed by atoms with van der Waals surface area (Å²) >= 11 is 0. The molecule has 1 amide bonds. The monoisotopic (exact) mass is 270 g/mol. The first-order valence-corrected chi connectivity index (χ1v) is 6.79. The highest BCUT2D eigenvalue weighted by Crippen LogP contribution is 2.24. The summed E-state index contributed by atoms with van der Waals surface area (Å²) in [5, 5.41) is 9.99. The van der Waals surface area contributed by atoms with Crippen LogP contribution in [0.3, 0.4) is 0 Å². The van der Waals surface area contributed by atoms with Crippen molar-refractivity contribution in [3.63, 3.8) is 0 Å². The zero-order valence-electron chi connectivity index (χ0n) is 11.5. The summed E-state index contributed by atoms with van der Waals surface area (Å²) < 4.78 is 0. The quantitative estimate of drug-likeness (QED) is 0.882. The largest absolute Gasteiger partial charge is 0.340 e. The Morgan fingerprint density at radius 3 is 3.10 bits per heavy atom. The molecule has 0 saturated carbocycles. The van der Waals surface area contributed by atoms with E-state index >= 15 is 0 Å². The Bertz CT molecular complexity index is 594. The van der Waals surface area contributed by atoms with Crippen molar-refractivity contribution in [1.29, 1.82) is 0 Å². The number of rotatable bonds is 3. The summed E-state index contributed by atoms with van der Waals surface area (Å²) in [5.74, 6) is 0.0957. The Hall–Kier alpha value is -2.14.